The van der Waals surface area contributed by atoms with Gasteiger partial charge in [-0.2, -0.15) is 0 Å². The molecule has 0 aliphatic rings. The van der Waals surface area contributed by atoms with Crippen molar-refractivity contribution in [1.82, 2.24) is 4.72 Å². The van der Waals surface area contributed by atoms with E-state index in [1.54, 1.807) is 12.1 Å². The molecule has 0 saturated heterocycles. The Balaban J connectivity index is 2.84. The van der Waals surface area contributed by atoms with Gasteiger partial charge in [-0.15, -0.1) is 0 Å². The molecule has 102 valence electrons. The van der Waals surface area contributed by atoms with Gasteiger partial charge in [-0.3, -0.25) is 0 Å². The number of hydrogen-bond acceptors (Lipinski definition) is 2. The molecular weight excluding hydrogens is 246 g/mol. The summed E-state index contributed by atoms with van der Waals surface area (Å²) in [5.41, 5.74) is 1.18. The van der Waals surface area contributed by atoms with E-state index in [4.69, 9.17) is 0 Å². The van der Waals surface area contributed by atoms with Gasteiger partial charge in [0.25, 0.3) is 0 Å². The van der Waals surface area contributed by atoms with Crippen molar-refractivity contribution >= 4 is 10.0 Å². The fraction of sp³-hybridized carbons (Fsp3) is 0.571. The third kappa shape index (κ3) is 4.10. The van der Waals surface area contributed by atoms with Crippen LogP contribution in [0, 0.1) is 5.92 Å². The molecule has 0 fully saturated rings. The normalized spacial score (nSPS) is 13.8. The third-order valence-electron chi connectivity index (χ3n) is 3.05. The van der Waals surface area contributed by atoms with Crippen molar-refractivity contribution in [2.45, 2.75) is 44.9 Å². The molecule has 0 saturated carbocycles. The van der Waals surface area contributed by atoms with E-state index in [9.17, 15) is 8.42 Å². The average Bonchev–Trinajstić information content (AvgIpc) is 2.36. The number of benzene rings is 1. The lowest BCUT2D eigenvalue weighted by atomic mass is 9.99. The van der Waals surface area contributed by atoms with Gasteiger partial charge in [-0.05, 0) is 36.0 Å². The predicted octanol–water partition coefficient (Wildman–Crippen LogP) is 3.13. The van der Waals surface area contributed by atoms with Crippen LogP contribution in [0.4, 0.5) is 0 Å². The standard InChI is InChI=1S/C14H23NO2S/c1-5-12(4)13-6-8-14(9-7-13)18(16,17)15-10-11(2)3/h6-9,11-12,15H,5,10H2,1-4H3/t12-/m0/s1. The number of nitrogens with one attached hydrogen (secondary N) is 1. The van der Waals surface area contributed by atoms with Crippen molar-refractivity contribution in [3.05, 3.63) is 29.8 Å². The highest BCUT2D eigenvalue weighted by Crippen LogP contribution is 2.20. The monoisotopic (exact) mass is 269 g/mol. The summed E-state index contributed by atoms with van der Waals surface area (Å²) in [5, 5.41) is 0. The SMILES string of the molecule is CC[C@H](C)c1ccc(S(=O)(=O)NCC(C)C)cc1. The van der Waals surface area contributed by atoms with Crippen LogP contribution in [-0.2, 0) is 10.0 Å². The zero-order valence-corrected chi connectivity index (χ0v) is 12.4. The minimum Gasteiger partial charge on any atom is -0.211 e. The molecule has 18 heavy (non-hydrogen) atoms. The molecule has 1 rings (SSSR count). The van der Waals surface area contributed by atoms with Gasteiger partial charge < -0.3 is 0 Å². The second kappa shape index (κ2) is 6.34. The van der Waals surface area contributed by atoms with Gasteiger partial charge in [0.2, 0.25) is 10.0 Å². The van der Waals surface area contributed by atoms with Crippen molar-refractivity contribution in [2.24, 2.45) is 5.92 Å². The Labute approximate surface area is 111 Å². The highest BCUT2D eigenvalue weighted by Gasteiger charge is 2.14. The predicted molar refractivity (Wildman–Crippen MR) is 75.2 cm³/mol. The van der Waals surface area contributed by atoms with Gasteiger partial charge >= 0.3 is 0 Å². The minimum absolute atomic E-state index is 0.305. The fourth-order valence-corrected chi connectivity index (χ4v) is 2.78. The van der Waals surface area contributed by atoms with E-state index in [0.717, 1.165) is 6.42 Å². The molecule has 4 heteroatoms. The zero-order valence-electron chi connectivity index (χ0n) is 11.6. The van der Waals surface area contributed by atoms with E-state index in [1.807, 2.05) is 26.0 Å². The summed E-state index contributed by atoms with van der Waals surface area (Å²) in [5.74, 6) is 0.768. The molecule has 1 atom stereocenters. The van der Waals surface area contributed by atoms with E-state index < -0.39 is 10.0 Å². The molecule has 0 spiro atoms. The van der Waals surface area contributed by atoms with Gasteiger partial charge in [0.15, 0.2) is 0 Å². The van der Waals surface area contributed by atoms with Crippen LogP contribution in [0.15, 0.2) is 29.2 Å². The number of rotatable bonds is 6. The Morgan fingerprint density at radius 2 is 1.67 bits per heavy atom. The van der Waals surface area contributed by atoms with Crippen LogP contribution in [0.2, 0.25) is 0 Å². The maximum Gasteiger partial charge on any atom is 0.240 e. The Bertz CT molecular complexity index is 463. The molecule has 0 aliphatic carbocycles. The van der Waals surface area contributed by atoms with E-state index in [1.165, 1.54) is 5.56 Å². The molecule has 1 aromatic carbocycles. The summed E-state index contributed by atoms with van der Waals surface area (Å²) in [6.45, 7) is 8.69. The molecule has 1 aromatic rings. The summed E-state index contributed by atoms with van der Waals surface area (Å²) in [7, 11) is -3.35. The maximum atomic E-state index is 12.0. The summed E-state index contributed by atoms with van der Waals surface area (Å²) >= 11 is 0. The first-order valence-electron chi connectivity index (χ1n) is 6.46. The van der Waals surface area contributed by atoms with Crippen LogP contribution in [0.25, 0.3) is 0 Å². The fourth-order valence-electron chi connectivity index (χ4n) is 1.57. The van der Waals surface area contributed by atoms with E-state index in [2.05, 4.69) is 18.6 Å². The topological polar surface area (TPSA) is 46.2 Å². The average molecular weight is 269 g/mol. The molecule has 0 aliphatic heterocycles. The first kappa shape index (κ1) is 15.2. The van der Waals surface area contributed by atoms with Gasteiger partial charge in [-0.1, -0.05) is 39.8 Å². The Morgan fingerprint density at radius 3 is 2.11 bits per heavy atom. The molecule has 0 amide bonds. The van der Waals surface area contributed by atoms with E-state index in [-0.39, 0.29) is 0 Å². The Kier molecular flexibility index (Phi) is 5.35. The molecular formula is C14H23NO2S. The van der Waals surface area contributed by atoms with Crippen molar-refractivity contribution in [3.63, 3.8) is 0 Å². The zero-order chi connectivity index (χ0) is 13.8. The first-order chi connectivity index (χ1) is 8.36. The quantitative estimate of drug-likeness (QED) is 0.862. The Morgan fingerprint density at radius 1 is 1.11 bits per heavy atom. The van der Waals surface area contributed by atoms with Crippen molar-refractivity contribution in [1.29, 1.82) is 0 Å². The molecule has 0 bridgehead atoms. The first-order valence-corrected chi connectivity index (χ1v) is 7.94. The molecule has 0 aromatic heterocycles. The van der Waals surface area contributed by atoms with Crippen LogP contribution in [-0.4, -0.2) is 15.0 Å². The molecule has 1 N–H and O–H groups in total. The van der Waals surface area contributed by atoms with Crippen LogP contribution >= 0.6 is 0 Å². The minimum atomic E-state index is -3.35. The molecule has 0 radical (unpaired) electrons. The largest absolute Gasteiger partial charge is 0.240 e. The van der Waals surface area contributed by atoms with E-state index >= 15 is 0 Å². The van der Waals surface area contributed by atoms with Crippen LogP contribution in [0.3, 0.4) is 0 Å². The summed E-state index contributed by atoms with van der Waals surface area (Å²) in [4.78, 5) is 0.343. The summed E-state index contributed by atoms with van der Waals surface area (Å²) < 4.78 is 26.6. The van der Waals surface area contributed by atoms with Gasteiger partial charge in [0.1, 0.15) is 0 Å². The summed E-state index contributed by atoms with van der Waals surface area (Å²) in [6.07, 6.45) is 1.05. The van der Waals surface area contributed by atoms with Crippen molar-refractivity contribution < 1.29 is 8.42 Å². The highest BCUT2D eigenvalue weighted by atomic mass is 32.2. The van der Waals surface area contributed by atoms with E-state index in [0.29, 0.717) is 23.3 Å². The van der Waals surface area contributed by atoms with Crippen molar-refractivity contribution in [3.8, 4) is 0 Å². The number of hydrogen-bond donors (Lipinski definition) is 1. The van der Waals surface area contributed by atoms with Gasteiger partial charge in [-0.25, -0.2) is 13.1 Å². The second-order valence-corrected chi connectivity index (χ2v) is 6.89. The highest BCUT2D eigenvalue weighted by molar-refractivity contribution is 7.89. The van der Waals surface area contributed by atoms with Gasteiger partial charge in [0, 0.05) is 6.54 Å². The van der Waals surface area contributed by atoms with Crippen LogP contribution in [0.1, 0.15) is 45.6 Å². The molecule has 3 nitrogen and oxygen atoms in total. The number of sulfonamides is 1. The Hall–Kier alpha value is -0.870. The lowest BCUT2D eigenvalue weighted by Crippen LogP contribution is -2.27. The smallest absolute Gasteiger partial charge is 0.211 e. The van der Waals surface area contributed by atoms with Crippen molar-refractivity contribution in [2.75, 3.05) is 6.54 Å². The van der Waals surface area contributed by atoms with Gasteiger partial charge in [0.05, 0.1) is 4.90 Å². The van der Waals surface area contributed by atoms with Crippen LogP contribution in [0.5, 0.6) is 0 Å². The molecule has 0 unspecified atom stereocenters. The maximum absolute atomic E-state index is 12.0. The lowest BCUT2D eigenvalue weighted by molar-refractivity contribution is 0.560. The third-order valence-corrected chi connectivity index (χ3v) is 4.49. The lowest BCUT2D eigenvalue weighted by Gasteiger charge is -2.11. The summed E-state index contributed by atoms with van der Waals surface area (Å²) in [6, 6.07) is 7.17. The second-order valence-electron chi connectivity index (χ2n) is 5.12. The molecule has 0 heterocycles. The van der Waals surface area contributed by atoms with Crippen LogP contribution < -0.4 is 4.72 Å².